The quantitative estimate of drug-likeness (QED) is 0.750. The fraction of sp³-hybridized carbons (Fsp3) is 0.300. The highest BCUT2D eigenvalue weighted by atomic mass is 16.3. The number of phenolic OH excluding ortho intramolecular Hbond substituents is 1. The van der Waals surface area contributed by atoms with Crippen LogP contribution in [-0.4, -0.2) is 24.7 Å². The van der Waals surface area contributed by atoms with Crippen molar-refractivity contribution in [2.45, 2.75) is 6.92 Å². The summed E-state index contributed by atoms with van der Waals surface area (Å²) in [7, 11) is 1.61. The zero-order valence-corrected chi connectivity index (χ0v) is 8.32. The van der Waals surface area contributed by atoms with Gasteiger partial charge in [0.1, 0.15) is 5.75 Å². The molecule has 0 saturated heterocycles. The lowest BCUT2D eigenvalue weighted by molar-refractivity contribution is 0.248. The Morgan fingerprint density at radius 1 is 1.50 bits per heavy atom. The molecule has 0 aromatic heterocycles. The topological polar surface area (TPSA) is 52.6 Å². The van der Waals surface area contributed by atoms with Gasteiger partial charge in [-0.1, -0.05) is 12.1 Å². The fourth-order valence-electron chi connectivity index (χ4n) is 1.13. The van der Waals surface area contributed by atoms with Crippen LogP contribution in [0.1, 0.15) is 6.92 Å². The van der Waals surface area contributed by atoms with Crippen LogP contribution < -0.4 is 10.2 Å². The van der Waals surface area contributed by atoms with Gasteiger partial charge in [0, 0.05) is 13.6 Å². The summed E-state index contributed by atoms with van der Waals surface area (Å²) in [6, 6.07) is 6.49. The van der Waals surface area contributed by atoms with Crippen molar-refractivity contribution < 1.29 is 9.90 Å². The van der Waals surface area contributed by atoms with Crippen LogP contribution >= 0.6 is 0 Å². The summed E-state index contributed by atoms with van der Waals surface area (Å²) in [5.41, 5.74) is 0.499. The Hall–Kier alpha value is -1.71. The average Bonchev–Trinajstić information content (AvgIpc) is 2.18. The third-order valence-corrected chi connectivity index (χ3v) is 1.88. The molecule has 4 nitrogen and oxygen atoms in total. The van der Waals surface area contributed by atoms with Crippen LogP contribution in [0, 0.1) is 0 Å². The first-order valence-corrected chi connectivity index (χ1v) is 4.46. The van der Waals surface area contributed by atoms with Gasteiger partial charge in [0.15, 0.2) is 0 Å². The van der Waals surface area contributed by atoms with Crippen molar-refractivity contribution >= 4 is 11.7 Å². The van der Waals surface area contributed by atoms with Gasteiger partial charge in [0.05, 0.1) is 5.69 Å². The Morgan fingerprint density at radius 3 is 2.71 bits per heavy atom. The monoisotopic (exact) mass is 194 g/mol. The second-order valence-corrected chi connectivity index (χ2v) is 2.88. The summed E-state index contributed by atoms with van der Waals surface area (Å²) in [6.45, 7) is 2.41. The Kier molecular flexibility index (Phi) is 3.34. The van der Waals surface area contributed by atoms with Crippen LogP contribution in [0.25, 0.3) is 0 Å². The number of anilines is 1. The summed E-state index contributed by atoms with van der Waals surface area (Å²) in [4.78, 5) is 12.8. The van der Waals surface area contributed by atoms with Crippen LogP contribution in [0.5, 0.6) is 5.75 Å². The highest BCUT2D eigenvalue weighted by Gasteiger charge is 2.11. The number of hydrogen-bond donors (Lipinski definition) is 2. The number of benzene rings is 1. The molecule has 0 bridgehead atoms. The number of aromatic hydroxyl groups is 1. The summed E-state index contributed by atoms with van der Waals surface area (Å²) >= 11 is 0. The molecule has 0 heterocycles. The number of phenols is 1. The van der Waals surface area contributed by atoms with Gasteiger partial charge in [0.25, 0.3) is 0 Å². The first-order valence-electron chi connectivity index (χ1n) is 4.46. The molecule has 76 valence electrons. The number of carbonyl (C=O) groups excluding carboxylic acids is 1. The highest BCUT2D eigenvalue weighted by molar-refractivity contribution is 5.92. The van der Waals surface area contributed by atoms with E-state index in [9.17, 15) is 9.90 Å². The normalized spacial score (nSPS) is 9.57. The third-order valence-electron chi connectivity index (χ3n) is 1.88. The number of nitrogens with one attached hydrogen (secondary N) is 1. The second-order valence-electron chi connectivity index (χ2n) is 2.88. The Labute approximate surface area is 83.2 Å². The van der Waals surface area contributed by atoms with Crippen LogP contribution in [0.3, 0.4) is 0 Å². The minimum atomic E-state index is -0.228. The minimum Gasteiger partial charge on any atom is -0.506 e. The number of carbonyl (C=O) groups is 1. The number of nitrogens with zero attached hydrogens (tertiary/aromatic N) is 1. The molecule has 2 N–H and O–H groups in total. The molecule has 0 unspecified atom stereocenters. The van der Waals surface area contributed by atoms with Gasteiger partial charge in [-0.2, -0.15) is 0 Å². The number of para-hydroxylation sites is 2. The van der Waals surface area contributed by atoms with Crippen molar-refractivity contribution in [1.29, 1.82) is 0 Å². The molecule has 0 aliphatic rings. The maximum atomic E-state index is 11.4. The molecule has 2 amide bonds. The Bertz CT molecular complexity index is 326. The van der Waals surface area contributed by atoms with Crippen molar-refractivity contribution in [2.75, 3.05) is 18.5 Å². The van der Waals surface area contributed by atoms with Crippen LogP contribution in [0.4, 0.5) is 10.5 Å². The van der Waals surface area contributed by atoms with Crippen molar-refractivity contribution in [3.8, 4) is 5.75 Å². The molecule has 1 aromatic rings. The maximum absolute atomic E-state index is 11.4. The molecule has 4 heteroatoms. The standard InChI is InChI=1S/C10H14N2O2/c1-3-11-10(14)12(2)8-6-4-5-7-9(8)13/h4-7,13H,3H2,1-2H3,(H,11,14). The lowest BCUT2D eigenvalue weighted by Crippen LogP contribution is -2.37. The molecule has 1 rings (SSSR count). The molecule has 0 radical (unpaired) electrons. The zero-order valence-electron chi connectivity index (χ0n) is 8.32. The maximum Gasteiger partial charge on any atom is 0.321 e. The van der Waals surface area contributed by atoms with Crippen LogP contribution in [0.2, 0.25) is 0 Å². The minimum absolute atomic E-state index is 0.0984. The largest absolute Gasteiger partial charge is 0.506 e. The van der Waals surface area contributed by atoms with Crippen LogP contribution in [-0.2, 0) is 0 Å². The molecule has 1 aromatic carbocycles. The smallest absolute Gasteiger partial charge is 0.321 e. The predicted molar refractivity (Wildman–Crippen MR) is 55.6 cm³/mol. The van der Waals surface area contributed by atoms with Gasteiger partial charge in [-0.15, -0.1) is 0 Å². The SMILES string of the molecule is CCNC(=O)N(C)c1ccccc1O. The number of amides is 2. The van der Waals surface area contributed by atoms with Gasteiger partial charge in [-0.3, -0.25) is 4.90 Å². The number of rotatable bonds is 2. The highest BCUT2D eigenvalue weighted by Crippen LogP contribution is 2.24. The lowest BCUT2D eigenvalue weighted by Gasteiger charge is -2.18. The summed E-state index contributed by atoms with van der Waals surface area (Å²) in [5, 5.41) is 12.1. The van der Waals surface area contributed by atoms with E-state index in [-0.39, 0.29) is 11.8 Å². The predicted octanol–water partition coefficient (Wildman–Crippen LogP) is 1.56. The molecule has 14 heavy (non-hydrogen) atoms. The summed E-state index contributed by atoms with van der Waals surface area (Å²) in [6.07, 6.45) is 0. The molecule has 0 saturated carbocycles. The second kappa shape index (κ2) is 4.50. The van der Waals surface area contributed by atoms with Crippen molar-refractivity contribution in [2.24, 2.45) is 0 Å². The van der Waals surface area contributed by atoms with Gasteiger partial charge in [0.2, 0.25) is 0 Å². The molecule has 0 aliphatic heterocycles. The third kappa shape index (κ3) is 2.16. The number of urea groups is 1. The Balaban J connectivity index is 2.84. The lowest BCUT2D eigenvalue weighted by atomic mass is 10.3. The first-order chi connectivity index (χ1) is 6.66. The molecule has 0 fully saturated rings. The van der Waals surface area contributed by atoms with E-state index in [0.717, 1.165) is 0 Å². The van der Waals surface area contributed by atoms with Crippen molar-refractivity contribution in [3.05, 3.63) is 24.3 Å². The van der Waals surface area contributed by atoms with Gasteiger partial charge in [-0.25, -0.2) is 4.79 Å². The molecule has 0 spiro atoms. The molecule has 0 aliphatic carbocycles. The summed E-state index contributed by atoms with van der Waals surface area (Å²) in [5.74, 6) is 0.0984. The molecular weight excluding hydrogens is 180 g/mol. The van der Waals surface area contributed by atoms with Gasteiger partial charge in [-0.05, 0) is 19.1 Å². The van der Waals surface area contributed by atoms with E-state index in [1.54, 1.807) is 31.3 Å². The van der Waals surface area contributed by atoms with Gasteiger partial charge < -0.3 is 10.4 Å². The molecular formula is C10H14N2O2. The van der Waals surface area contributed by atoms with E-state index < -0.39 is 0 Å². The van der Waals surface area contributed by atoms with Gasteiger partial charge >= 0.3 is 6.03 Å². The number of hydrogen-bond acceptors (Lipinski definition) is 2. The van der Waals surface area contributed by atoms with Crippen LogP contribution in [0.15, 0.2) is 24.3 Å². The van der Waals surface area contributed by atoms with E-state index >= 15 is 0 Å². The van der Waals surface area contributed by atoms with Crippen molar-refractivity contribution in [1.82, 2.24) is 5.32 Å². The first kappa shape index (κ1) is 10.4. The average molecular weight is 194 g/mol. The summed E-state index contributed by atoms with van der Waals surface area (Å²) < 4.78 is 0. The zero-order chi connectivity index (χ0) is 10.6. The Morgan fingerprint density at radius 2 is 2.14 bits per heavy atom. The molecule has 0 atom stereocenters. The van der Waals surface area contributed by atoms with E-state index in [0.29, 0.717) is 12.2 Å². The van der Waals surface area contributed by atoms with E-state index in [1.807, 2.05) is 6.92 Å². The van der Waals surface area contributed by atoms with E-state index in [1.165, 1.54) is 4.90 Å². The van der Waals surface area contributed by atoms with Crippen molar-refractivity contribution in [3.63, 3.8) is 0 Å². The van der Waals surface area contributed by atoms with E-state index in [2.05, 4.69) is 5.32 Å². The fourth-order valence-corrected chi connectivity index (χ4v) is 1.13. The van der Waals surface area contributed by atoms with E-state index in [4.69, 9.17) is 0 Å².